The minimum Gasteiger partial charge on any atom is -0.395 e. The van der Waals surface area contributed by atoms with Crippen molar-refractivity contribution >= 4 is 11.6 Å². The Bertz CT molecular complexity index is 277. The zero-order chi connectivity index (χ0) is 11.1. The van der Waals surface area contributed by atoms with E-state index in [-0.39, 0.29) is 12.6 Å². The molecule has 0 fully saturated rings. The molecule has 0 aliphatic carbocycles. The van der Waals surface area contributed by atoms with Crippen LogP contribution in [0.15, 0.2) is 12.4 Å². The molecule has 5 heteroatoms. The molecule has 0 saturated carbocycles. The molecule has 15 heavy (non-hydrogen) atoms. The van der Waals surface area contributed by atoms with Crippen molar-refractivity contribution < 1.29 is 5.11 Å². The summed E-state index contributed by atoms with van der Waals surface area (Å²) in [4.78, 5) is 0. The van der Waals surface area contributed by atoms with Gasteiger partial charge in [0.1, 0.15) is 0 Å². The van der Waals surface area contributed by atoms with Gasteiger partial charge in [-0.2, -0.15) is 5.10 Å². The highest BCUT2D eigenvalue weighted by Gasteiger charge is 2.06. The first-order valence-electron chi connectivity index (χ1n) is 5.28. The second-order valence-electron chi connectivity index (χ2n) is 3.54. The number of nitrogens with zero attached hydrogens (tertiary/aromatic N) is 2. The van der Waals surface area contributed by atoms with E-state index in [0.29, 0.717) is 5.02 Å². The number of rotatable bonds is 7. The Balaban J connectivity index is 2.27. The Morgan fingerprint density at radius 1 is 1.67 bits per heavy atom. The molecule has 0 radical (unpaired) electrons. The lowest BCUT2D eigenvalue weighted by Gasteiger charge is -2.15. The van der Waals surface area contributed by atoms with Crippen molar-refractivity contribution in [3.63, 3.8) is 0 Å². The van der Waals surface area contributed by atoms with Crippen molar-refractivity contribution in [2.24, 2.45) is 0 Å². The monoisotopic (exact) mass is 231 g/mol. The summed E-state index contributed by atoms with van der Waals surface area (Å²) in [7, 11) is 0. The van der Waals surface area contributed by atoms with Gasteiger partial charge in [0.25, 0.3) is 0 Å². The molecule has 2 N–H and O–H groups in total. The summed E-state index contributed by atoms with van der Waals surface area (Å²) in [5, 5.41) is 17.1. The number of halogens is 1. The van der Waals surface area contributed by atoms with Crippen molar-refractivity contribution in [2.75, 3.05) is 13.2 Å². The minimum atomic E-state index is 0.146. The van der Waals surface area contributed by atoms with Crippen LogP contribution in [-0.2, 0) is 6.54 Å². The first kappa shape index (κ1) is 12.5. The van der Waals surface area contributed by atoms with E-state index < -0.39 is 0 Å². The molecule has 86 valence electrons. The first-order chi connectivity index (χ1) is 7.26. The van der Waals surface area contributed by atoms with E-state index in [2.05, 4.69) is 17.3 Å². The van der Waals surface area contributed by atoms with Crippen molar-refractivity contribution in [2.45, 2.75) is 32.4 Å². The number of aryl methyl sites for hydroxylation is 1. The van der Waals surface area contributed by atoms with Crippen LogP contribution < -0.4 is 5.32 Å². The van der Waals surface area contributed by atoms with E-state index in [1.165, 1.54) is 0 Å². The third-order valence-electron chi connectivity index (χ3n) is 2.21. The van der Waals surface area contributed by atoms with Gasteiger partial charge < -0.3 is 10.4 Å². The van der Waals surface area contributed by atoms with Crippen molar-refractivity contribution in [3.05, 3.63) is 17.4 Å². The molecule has 0 amide bonds. The fourth-order valence-corrected chi connectivity index (χ4v) is 1.51. The second-order valence-corrected chi connectivity index (χ2v) is 3.98. The zero-order valence-electron chi connectivity index (χ0n) is 8.99. The molecular formula is C10H18ClN3O. The smallest absolute Gasteiger partial charge is 0.0785 e. The number of aliphatic hydroxyl groups excluding tert-OH is 1. The molecule has 0 aliphatic heterocycles. The molecule has 1 aromatic heterocycles. The largest absolute Gasteiger partial charge is 0.395 e. The standard InChI is InChI=1S/C10H18ClN3O/c1-2-4-12-10(8-15)3-5-14-7-9(11)6-13-14/h6-7,10,12,15H,2-5,8H2,1H3. The first-order valence-corrected chi connectivity index (χ1v) is 5.66. The number of aliphatic hydroxyl groups is 1. The van der Waals surface area contributed by atoms with Crippen molar-refractivity contribution in [3.8, 4) is 0 Å². The SMILES string of the molecule is CCCNC(CO)CCn1cc(Cl)cn1. The normalized spacial score (nSPS) is 13.0. The molecule has 1 aromatic rings. The Labute approximate surface area is 95.2 Å². The van der Waals surface area contributed by atoms with E-state index in [9.17, 15) is 0 Å². The van der Waals surface area contributed by atoms with Gasteiger partial charge in [0, 0.05) is 18.8 Å². The van der Waals surface area contributed by atoms with Crippen LogP contribution >= 0.6 is 11.6 Å². The number of hydrogen-bond acceptors (Lipinski definition) is 3. The summed E-state index contributed by atoms with van der Waals surface area (Å²) in [6, 6.07) is 0.146. The van der Waals surface area contributed by atoms with E-state index >= 15 is 0 Å². The lowest BCUT2D eigenvalue weighted by Crippen LogP contribution is -2.34. The lowest BCUT2D eigenvalue weighted by atomic mass is 10.2. The van der Waals surface area contributed by atoms with Gasteiger partial charge in [-0.25, -0.2) is 0 Å². The molecule has 0 bridgehead atoms. The van der Waals surface area contributed by atoms with E-state index in [0.717, 1.165) is 25.9 Å². The highest BCUT2D eigenvalue weighted by molar-refractivity contribution is 6.30. The van der Waals surface area contributed by atoms with Gasteiger partial charge in [-0.15, -0.1) is 0 Å². The molecule has 0 aromatic carbocycles. The molecule has 0 saturated heterocycles. The van der Waals surface area contributed by atoms with Crippen LogP contribution in [0.2, 0.25) is 5.02 Å². The number of nitrogens with one attached hydrogen (secondary N) is 1. The van der Waals surface area contributed by atoms with Crippen LogP contribution in [0.25, 0.3) is 0 Å². The van der Waals surface area contributed by atoms with E-state index in [1.54, 1.807) is 17.1 Å². The predicted octanol–water partition coefficient (Wildman–Crippen LogP) is 1.29. The minimum absolute atomic E-state index is 0.146. The molecule has 1 atom stereocenters. The van der Waals surface area contributed by atoms with Crippen LogP contribution in [0, 0.1) is 0 Å². The average molecular weight is 232 g/mol. The van der Waals surface area contributed by atoms with Crippen LogP contribution in [0.5, 0.6) is 0 Å². The third kappa shape index (κ3) is 4.64. The highest BCUT2D eigenvalue weighted by Crippen LogP contribution is 2.05. The Hall–Kier alpha value is -0.580. The summed E-state index contributed by atoms with van der Waals surface area (Å²) in [5.41, 5.74) is 0. The summed E-state index contributed by atoms with van der Waals surface area (Å²) in [6.07, 6.45) is 5.34. The van der Waals surface area contributed by atoms with E-state index in [1.807, 2.05) is 0 Å². The van der Waals surface area contributed by atoms with Gasteiger partial charge in [0.2, 0.25) is 0 Å². The maximum absolute atomic E-state index is 9.12. The summed E-state index contributed by atoms with van der Waals surface area (Å²) in [5.74, 6) is 0. The maximum Gasteiger partial charge on any atom is 0.0785 e. The topological polar surface area (TPSA) is 50.1 Å². The summed E-state index contributed by atoms with van der Waals surface area (Å²) < 4.78 is 1.79. The third-order valence-corrected chi connectivity index (χ3v) is 2.41. The van der Waals surface area contributed by atoms with Gasteiger partial charge >= 0.3 is 0 Å². The molecule has 0 spiro atoms. The Kier molecular flexibility index (Phi) is 5.68. The van der Waals surface area contributed by atoms with Crippen molar-refractivity contribution in [1.29, 1.82) is 0 Å². The van der Waals surface area contributed by atoms with Crippen LogP contribution in [-0.4, -0.2) is 34.1 Å². The van der Waals surface area contributed by atoms with Crippen LogP contribution in [0.4, 0.5) is 0 Å². The average Bonchev–Trinajstić information content (AvgIpc) is 2.65. The van der Waals surface area contributed by atoms with E-state index in [4.69, 9.17) is 16.7 Å². The number of aromatic nitrogens is 2. The summed E-state index contributed by atoms with van der Waals surface area (Å²) in [6.45, 7) is 3.98. The Morgan fingerprint density at radius 3 is 3.00 bits per heavy atom. The molecule has 1 unspecified atom stereocenters. The molecule has 1 rings (SSSR count). The molecule has 4 nitrogen and oxygen atoms in total. The number of hydrogen-bond donors (Lipinski definition) is 2. The van der Waals surface area contributed by atoms with Gasteiger partial charge in [-0.05, 0) is 19.4 Å². The van der Waals surface area contributed by atoms with Crippen molar-refractivity contribution in [1.82, 2.24) is 15.1 Å². The van der Waals surface area contributed by atoms with Crippen LogP contribution in [0.3, 0.4) is 0 Å². The summed E-state index contributed by atoms with van der Waals surface area (Å²) >= 11 is 5.74. The maximum atomic E-state index is 9.12. The predicted molar refractivity (Wildman–Crippen MR) is 61.0 cm³/mol. The fourth-order valence-electron chi connectivity index (χ4n) is 1.36. The second kappa shape index (κ2) is 6.82. The molecular weight excluding hydrogens is 214 g/mol. The quantitative estimate of drug-likeness (QED) is 0.744. The highest BCUT2D eigenvalue weighted by atomic mass is 35.5. The molecule has 1 heterocycles. The molecule has 0 aliphatic rings. The lowest BCUT2D eigenvalue weighted by molar-refractivity contribution is 0.230. The van der Waals surface area contributed by atoms with Gasteiger partial charge in [-0.1, -0.05) is 18.5 Å². The zero-order valence-corrected chi connectivity index (χ0v) is 9.74. The van der Waals surface area contributed by atoms with Crippen LogP contribution in [0.1, 0.15) is 19.8 Å². The fraction of sp³-hybridized carbons (Fsp3) is 0.700. The Morgan fingerprint density at radius 2 is 2.47 bits per heavy atom. The van der Waals surface area contributed by atoms with Gasteiger partial charge in [0.05, 0.1) is 17.8 Å². The van der Waals surface area contributed by atoms with Gasteiger partial charge in [0.15, 0.2) is 0 Å². The van der Waals surface area contributed by atoms with Gasteiger partial charge in [-0.3, -0.25) is 4.68 Å².